The Labute approximate surface area is 123 Å². The van der Waals surface area contributed by atoms with Crippen LogP contribution >= 0.6 is 0 Å². The predicted octanol–water partition coefficient (Wildman–Crippen LogP) is 4.34. The second-order valence-electron chi connectivity index (χ2n) is 6.48. The summed E-state index contributed by atoms with van der Waals surface area (Å²) in [7, 11) is 1.98. The maximum absolute atomic E-state index is 14.2. The molecule has 0 aromatic heterocycles. The molecule has 0 heterocycles. The van der Waals surface area contributed by atoms with Crippen LogP contribution in [0.2, 0.25) is 0 Å². The van der Waals surface area contributed by atoms with Gasteiger partial charge < -0.3 is 10.2 Å². The summed E-state index contributed by atoms with van der Waals surface area (Å²) in [6.07, 6.45) is 3.48. The molecule has 3 heteroatoms. The molecule has 1 aromatic rings. The topological polar surface area (TPSA) is 15.3 Å². The van der Waals surface area contributed by atoms with Crippen molar-refractivity contribution in [3.8, 4) is 0 Å². The van der Waals surface area contributed by atoms with Gasteiger partial charge in [-0.05, 0) is 38.8 Å². The van der Waals surface area contributed by atoms with Gasteiger partial charge in [0.2, 0.25) is 0 Å². The van der Waals surface area contributed by atoms with Gasteiger partial charge in [-0.15, -0.1) is 0 Å². The average Bonchev–Trinajstić information content (AvgIpc) is 2.35. The van der Waals surface area contributed by atoms with Crippen LogP contribution < -0.4 is 10.2 Å². The van der Waals surface area contributed by atoms with E-state index < -0.39 is 0 Å². The number of hydrogen-bond acceptors (Lipinski definition) is 2. The van der Waals surface area contributed by atoms with Crippen LogP contribution in [0.3, 0.4) is 0 Å². The van der Waals surface area contributed by atoms with E-state index in [1.165, 1.54) is 12.8 Å². The highest BCUT2D eigenvalue weighted by Crippen LogP contribution is 2.24. The zero-order chi connectivity index (χ0) is 15.2. The Hall–Kier alpha value is -1.09. The van der Waals surface area contributed by atoms with Crippen LogP contribution in [0.15, 0.2) is 18.2 Å². The first-order valence-electron chi connectivity index (χ1n) is 7.58. The number of halogens is 1. The van der Waals surface area contributed by atoms with E-state index in [9.17, 15) is 4.39 Å². The molecule has 0 unspecified atom stereocenters. The first-order chi connectivity index (χ1) is 9.35. The molecule has 0 saturated carbocycles. The molecule has 0 radical (unpaired) electrons. The first-order valence-corrected chi connectivity index (χ1v) is 7.58. The lowest BCUT2D eigenvalue weighted by Crippen LogP contribution is -2.35. The summed E-state index contributed by atoms with van der Waals surface area (Å²) in [6.45, 7) is 10.1. The third-order valence-electron chi connectivity index (χ3n) is 3.36. The van der Waals surface area contributed by atoms with Gasteiger partial charge in [-0.1, -0.05) is 31.9 Å². The zero-order valence-electron chi connectivity index (χ0n) is 13.6. The Bertz CT molecular complexity index is 410. The normalized spacial score (nSPS) is 11.7. The molecule has 0 spiro atoms. The maximum Gasteiger partial charge on any atom is 0.146 e. The van der Waals surface area contributed by atoms with Crippen molar-refractivity contribution in [3.05, 3.63) is 29.6 Å². The van der Waals surface area contributed by atoms with Crippen LogP contribution in [0.1, 0.15) is 52.5 Å². The van der Waals surface area contributed by atoms with E-state index in [1.54, 1.807) is 12.1 Å². The fourth-order valence-corrected chi connectivity index (χ4v) is 2.20. The zero-order valence-corrected chi connectivity index (χ0v) is 13.6. The minimum absolute atomic E-state index is 0.0321. The summed E-state index contributed by atoms with van der Waals surface area (Å²) in [4.78, 5) is 2.05. The average molecular weight is 280 g/mol. The third kappa shape index (κ3) is 5.49. The van der Waals surface area contributed by atoms with Crippen LogP contribution in [0.5, 0.6) is 0 Å². The van der Waals surface area contributed by atoms with Crippen LogP contribution in [0.25, 0.3) is 0 Å². The monoisotopic (exact) mass is 280 g/mol. The van der Waals surface area contributed by atoms with Gasteiger partial charge in [0.1, 0.15) is 5.82 Å². The number of para-hydroxylation sites is 1. The molecule has 0 saturated heterocycles. The van der Waals surface area contributed by atoms with Gasteiger partial charge in [0.05, 0.1) is 5.69 Å². The van der Waals surface area contributed by atoms with Crippen molar-refractivity contribution < 1.29 is 4.39 Å². The SMILES string of the molecule is CCCCCN(C)c1c(F)cccc1CNC(C)(C)C. The Morgan fingerprint density at radius 3 is 2.50 bits per heavy atom. The lowest BCUT2D eigenvalue weighted by Gasteiger charge is -2.26. The fraction of sp³-hybridized carbons (Fsp3) is 0.647. The molecule has 20 heavy (non-hydrogen) atoms. The standard InChI is InChI=1S/C17H29FN2/c1-6-7-8-12-20(5)16-14(10-9-11-15(16)18)13-19-17(2,3)4/h9-11,19H,6-8,12-13H2,1-5H3. The Kier molecular flexibility index (Phi) is 6.47. The van der Waals surface area contributed by atoms with Crippen molar-refractivity contribution >= 4 is 5.69 Å². The Morgan fingerprint density at radius 2 is 1.90 bits per heavy atom. The molecule has 1 aromatic carbocycles. The Morgan fingerprint density at radius 1 is 1.20 bits per heavy atom. The van der Waals surface area contributed by atoms with E-state index in [1.807, 2.05) is 18.0 Å². The molecule has 0 aliphatic rings. The number of hydrogen-bond donors (Lipinski definition) is 1. The fourth-order valence-electron chi connectivity index (χ4n) is 2.20. The predicted molar refractivity (Wildman–Crippen MR) is 85.8 cm³/mol. The molecule has 0 bridgehead atoms. The van der Waals surface area contributed by atoms with Crippen LogP contribution in [-0.2, 0) is 6.54 Å². The minimum Gasteiger partial charge on any atom is -0.372 e. The molecule has 0 aliphatic carbocycles. The number of unbranched alkanes of at least 4 members (excludes halogenated alkanes) is 2. The van der Waals surface area contributed by atoms with Crippen molar-refractivity contribution in [2.24, 2.45) is 0 Å². The van der Waals surface area contributed by atoms with Gasteiger partial charge >= 0.3 is 0 Å². The van der Waals surface area contributed by atoms with Gasteiger partial charge in [0.25, 0.3) is 0 Å². The smallest absolute Gasteiger partial charge is 0.146 e. The highest BCUT2D eigenvalue weighted by Gasteiger charge is 2.15. The lowest BCUT2D eigenvalue weighted by atomic mass is 10.1. The summed E-state index contributed by atoms with van der Waals surface area (Å²) in [5.74, 6) is -0.128. The highest BCUT2D eigenvalue weighted by molar-refractivity contribution is 5.54. The summed E-state index contributed by atoms with van der Waals surface area (Å²) in [5.41, 5.74) is 1.80. The molecule has 2 nitrogen and oxygen atoms in total. The summed E-state index contributed by atoms with van der Waals surface area (Å²) in [5, 5.41) is 3.43. The van der Waals surface area contributed by atoms with E-state index in [-0.39, 0.29) is 11.4 Å². The summed E-state index contributed by atoms with van der Waals surface area (Å²) >= 11 is 0. The van der Waals surface area contributed by atoms with Gasteiger partial charge in [-0.2, -0.15) is 0 Å². The van der Waals surface area contributed by atoms with E-state index in [4.69, 9.17) is 0 Å². The quantitative estimate of drug-likeness (QED) is 0.747. The number of benzene rings is 1. The largest absolute Gasteiger partial charge is 0.372 e. The number of nitrogens with zero attached hydrogens (tertiary/aromatic N) is 1. The molecule has 114 valence electrons. The van der Waals surface area contributed by atoms with E-state index in [2.05, 4.69) is 33.0 Å². The van der Waals surface area contributed by atoms with Crippen molar-refractivity contribution in [2.45, 2.75) is 59.0 Å². The lowest BCUT2D eigenvalue weighted by molar-refractivity contribution is 0.423. The highest BCUT2D eigenvalue weighted by atomic mass is 19.1. The number of rotatable bonds is 7. The molecule has 0 amide bonds. The number of nitrogens with one attached hydrogen (secondary N) is 1. The number of anilines is 1. The van der Waals surface area contributed by atoms with Gasteiger partial charge in [0, 0.05) is 25.7 Å². The van der Waals surface area contributed by atoms with E-state index in [0.29, 0.717) is 6.54 Å². The molecule has 0 fully saturated rings. The van der Waals surface area contributed by atoms with Crippen molar-refractivity contribution in [3.63, 3.8) is 0 Å². The minimum atomic E-state index is -0.128. The van der Waals surface area contributed by atoms with Crippen molar-refractivity contribution in [1.29, 1.82) is 0 Å². The molecule has 0 aliphatic heterocycles. The van der Waals surface area contributed by atoms with Gasteiger partial charge in [-0.3, -0.25) is 0 Å². The molecular weight excluding hydrogens is 251 g/mol. The third-order valence-corrected chi connectivity index (χ3v) is 3.36. The first kappa shape index (κ1) is 17.0. The van der Waals surface area contributed by atoms with Crippen LogP contribution in [0.4, 0.5) is 10.1 Å². The van der Waals surface area contributed by atoms with Crippen LogP contribution in [0, 0.1) is 5.82 Å². The maximum atomic E-state index is 14.2. The Balaban J connectivity index is 2.82. The van der Waals surface area contributed by atoms with E-state index >= 15 is 0 Å². The molecular formula is C17H29FN2. The summed E-state index contributed by atoms with van der Waals surface area (Å²) in [6, 6.07) is 5.35. The van der Waals surface area contributed by atoms with E-state index in [0.717, 1.165) is 24.2 Å². The second-order valence-corrected chi connectivity index (χ2v) is 6.48. The molecule has 1 rings (SSSR count). The molecule has 0 atom stereocenters. The van der Waals surface area contributed by atoms with Gasteiger partial charge in [0.15, 0.2) is 0 Å². The second kappa shape index (κ2) is 7.63. The molecule has 1 N–H and O–H groups in total. The van der Waals surface area contributed by atoms with Crippen molar-refractivity contribution in [1.82, 2.24) is 5.32 Å². The summed E-state index contributed by atoms with van der Waals surface area (Å²) < 4.78 is 14.2. The van der Waals surface area contributed by atoms with Gasteiger partial charge in [-0.25, -0.2) is 4.39 Å². The van der Waals surface area contributed by atoms with Crippen molar-refractivity contribution in [2.75, 3.05) is 18.5 Å². The van der Waals surface area contributed by atoms with Crippen LogP contribution in [-0.4, -0.2) is 19.1 Å².